The molecule has 2 aromatic heterocycles. The summed E-state index contributed by atoms with van der Waals surface area (Å²) in [6, 6.07) is 2.49. The number of Topliss-reactive ketones (excluding diaryl/α,β-unsaturated/α-hetero) is 1. The van der Waals surface area contributed by atoms with Gasteiger partial charge in [-0.25, -0.2) is 0 Å². The third-order valence-corrected chi connectivity index (χ3v) is 4.85. The van der Waals surface area contributed by atoms with E-state index in [1.54, 1.807) is 6.20 Å². The van der Waals surface area contributed by atoms with Gasteiger partial charge in [-0.2, -0.15) is 0 Å². The van der Waals surface area contributed by atoms with Crippen LogP contribution in [-0.2, 0) is 24.1 Å². The molecule has 2 aromatic rings. The lowest BCUT2D eigenvalue weighted by atomic mass is 10.0. The van der Waals surface area contributed by atoms with E-state index < -0.39 is 0 Å². The van der Waals surface area contributed by atoms with Crippen LogP contribution in [0.3, 0.4) is 0 Å². The van der Waals surface area contributed by atoms with Crippen molar-refractivity contribution in [2.45, 2.75) is 71.8 Å². The van der Waals surface area contributed by atoms with Crippen LogP contribution in [0.15, 0.2) is 18.5 Å². The summed E-state index contributed by atoms with van der Waals surface area (Å²) >= 11 is 0. The molecule has 1 fully saturated rings. The van der Waals surface area contributed by atoms with Crippen LogP contribution in [-0.4, -0.2) is 25.5 Å². The number of carbonyl (C=O) groups excluding carboxylic acids is 1. The zero-order valence-electron chi connectivity index (χ0n) is 15.5. The van der Waals surface area contributed by atoms with Crippen molar-refractivity contribution in [2.75, 3.05) is 0 Å². The molecule has 0 spiro atoms. The van der Waals surface area contributed by atoms with Gasteiger partial charge < -0.3 is 4.57 Å². The highest BCUT2D eigenvalue weighted by molar-refractivity contribution is 5.81. The first-order valence-corrected chi connectivity index (χ1v) is 9.38. The molecule has 3 rings (SSSR count). The monoisotopic (exact) mass is 340 g/mol. The van der Waals surface area contributed by atoms with E-state index in [2.05, 4.69) is 33.6 Å². The Morgan fingerprint density at radius 1 is 1.24 bits per heavy atom. The number of rotatable bonds is 9. The molecule has 5 nitrogen and oxygen atoms in total. The fourth-order valence-electron chi connectivity index (χ4n) is 3.13. The van der Waals surface area contributed by atoms with Gasteiger partial charge in [-0.1, -0.05) is 13.8 Å². The Morgan fingerprint density at radius 2 is 1.96 bits per heavy atom. The van der Waals surface area contributed by atoms with Crippen LogP contribution >= 0.6 is 0 Å². The highest BCUT2D eigenvalue weighted by atomic mass is 16.1. The Balaban J connectivity index is 1.61. The second-order valence-corrected chi connectivity index (χ2v) is 7.58. The van der Waals surface area contributed by atoms with Crippen molar-refractivity contribution in [3.8, 4) is 0 Å². The van der Waals surface area contributed by atoms with Gasteiger partial charge in [-0.05, 0) is 49.3 Å². The van der Waals surface area contributed by atoms with Gasteiger partial charge in [-0.3, -0.25) is 9.78 Å². The third-order valence-electron chi connectivity index (χ3n) is 4.85. The molecular formula is C20H28N4O. The summed E-state index contributed by atoms with van der Waals surface area (Å²) in [4.78, 5) is 16.5. The van der Waals surface area contributed by atoms with E-state index in [1.165, 1.54) is 12.8 Å². The molecule has 1 aliphatic rings. The largest absolute Gasteiger partial charge is 0.312 e. The van der Waals surface area contributed by atoms with E-state index in [1.807, 2.05) is 19.2 Å². The standard InChI is InChI=1S/C20H28N4O/c1-14(2)4-8-19-22-23-20(24(19)17-5-6-17)9-7-18(25)12-16-10-11-21-13-15(16)3/h10-11,13-14,17H,4-9,12H2,1-3H3. The van der Waals surface area contributed by atoms with Gasteiger partial charge in [0, 0.05) is 44.1 Å². The minimum absolute atomic E-state index is 0.253. The number of hydrogen-bond acceptors (Lipinski definition) is 4. The summed E-state index contributed by atoms with van der Waals surface area (Å²) in [5, 5.41) is 8.82. The van der Waals surface area contributed by atoms with Crippen LogP contribution in [0.2, 0.25) is 0 Å². The lowest BCUT2D eigenvalue weighted by molar-refractivity contribution is -0.118. The lowest BCUT2D eigenvalue weighted by Gasteiger charge is -2.10. The van der Waals surface area contributed by atoms with Gasteiger partial charge >= 0.3 is 0 Å². The molecule has 1 aliphatic carbocycles. The summed E-state index contributed by atoms with van der Waals surface area (Å²) in [6.45, 7) is 6.47. The summed E-state index contributed by atoms with van der Waals surface area (Å²) < 4.78 is 2.31. The van der Waals surface area contributed by atoms with E-state index in [0.29, 0.717) is 31.2 Å². The molecule has 25 heavy (non-hydrogen) atoms. The van der Waals surface area contributed by atoms with Crippen LogP contribution in [0.1, 0.15) is 68.3 Å². The maximum Gasteiger partial charge on any atom is 0.137 e. The van der Waals surface area contributed by atoms with Gasteiger partial charge in [0.05, 0.1) is 0 Å². The summed E-state index contributed by atoms with van der Waals surface area (Å²) in [6.07, 6.45) is 9.79. The Kier molecular flexibility index (Phi) is 5.61. The van der Waals surface area contributed by atoms with Gasteiger partial charge in [-0.15, -0.1) is 10.2 Å². The average Bonchev–Trinajstić information content (AvgIpc) is 3.33. The maximum absolute atomic E-state index is 12.4. The zero-order chi connectivity index (χ0) is 17.8. The first kappa shape index (κ1) is 17.8. The molecule has 0 radical (unpaired) electrons. The fourth-order valence-corrected chi connectivity index (χ4v) is 3.13. The van der Waals surface area contributed by atoms with E-state index in [0.717, 1.165) is 35.6 Å². The molecular weight excluding hydrogens is 312 g/mol. The van der Waals surface area contributed by atoms with E-state index >= 15 is 0 Å². The molecule has 134 valence electrons. The predicted molar refractivity (Wildman–Crippen MR) is 97.5 cm³/mol. The number of nitrogens with zero attached hydrogens (tertiary/aromatic N) is 4. The average molecular weight is 340 g/mol. The molecule has 0 aliphatic heterocycles. The Labute approximate surface area is 149 Å². The van der Waals surface area contributed by atoms with Gasteiger partial charge in [0.1, 0.15) is 17.4 Å². The normalized spacial score (nSPS) is 14.2. The number of aromatic nitrogens is 4. The molecule has 0 amide bonds. The number of carbonyl (C=O) groups is 1. The summed E-state index contributed by atoms with van der Waals surface area (Å²) in [7, 11) is 0. The van der Waals surface area contributed by atoms with E-state index in [-0.39, 0.29) is 5.78 Å². The molecule has 1 saturated carbocycles. The fraction of sp³-hybridized carbons (Fsp3) is 0.600. The van der Waals surface area contributed by atoms with Crippen molar-refractivity contribution in [3.05, 3.63) is 41.2 Å². The zero-order valence-corrected chi connectivity index (χ0v) is 15.5. The van der Waals surface area contributed by atoms with Gasteiger partial charge in [0.2, 0.25) is 0 Å². The third kappa shape index (κ3) is 4.74. The number of hydrogen-bond donors (Lipinski definition) is 0. The molecule has 0 unspecified atom stereocenters. The van der Waals surface area contributed by atoms with Crippen LogP contribution in [0.4, 0.5) is 0 Å². The Bertz CT molecular complexity index is 731. The summed E-state index contributed by atoms with van der Waals surface area (Å²) in [5.74, 6) is 3.01. The molecule has 0 aromatic carbocycles. The van der Waals surface area contributed by atoms with Crippen molar-refractivity contribution in [1.82, 2.24) is 19.7 Å². The molecule has 2 heterocycles. The van der Waals surface area contributed by atoms with Crippen molar-refractivity contribution >= 4 is 5.78 Å². The summed E-state index contributed by atoms with van der Waals surface area (Å²) in [5.41, 5.74) is 2.15. The van der Waals surface area contributed by atoms with Crippen molar-refractivity contribution in [3.63, 3.8) is 0 Å². The van der Waals surface area contributed by atoms with Crippen LogP contribution in [0.5, 0.6) is 0 Å². The minimum Gasteiger partial charge on any atom is -0.312 e. The Morgan fingerprint density at radius 3 is 2.60 bits per heavy atom. The number of aryl methyl sites for hydroxylation is 3. The first-order chi connectivity index (χ1) is 12.0. The SMILES string of the molecule is Cc1cnccc1CC(=O)CCc1nnc(CCC(C)C)n1C1CC1. The Hall–Kier alpha value is -2.04. The molecule has 0 atom stereocenters. The van der Waals surface area contributed by atoms with E-state index in [9.17, 15) is 4.79 Å². The van der Waals surface area contributed by atoms with E-state index in [4.69, 9.17) is 0 Å². The van der Waals surface area contributed by atoms with Crippen molar-refractivity contribution in [1.29, 1.82) is 0 Å². The quantitative estimate of drug-likeness (QED) is 0.699. The van der Waals surface area contributed by atoms with Crippen molar-refractivity contribution < 1.29 is 4.79 Å². The smallest absolute Gasteiger partial charge is 0.137 e. The highest BCUT2D eigenvalue weighted by Gasteiger charge is 2.29. The molecule has 5 heteroatoms. The van der Waals surface area contributed by atoms with Crippen LogP contribution in [0.25, 0.3) is 0 Å². The number of pyridine rings is 1. The van der Waals surface area contributed by atoms with Crippen LogP contribution in [0, 0.1) is 12.8 Å². The minimum atomic E-state index is 0.253. The highest BCUT2D eigenvalue weighted by Crippen LogP contribution is 2.37. The topological polar surface area (TPSA) is 60.7 Å². The lowest BCUT2D eigenvalue weighted by Crippen LogP contribution is -2.11. The second-order valence-electron chi connectivity index (χ2n) is 7.58. The molecule has 0 bridgehead atoms. The predicted octanol–water partition coefficient (Wildman–Crippen LogP) is 3.65. The molecule has 0 saturated heterocycles. The number of ketones is 1. The van der Waals surface area contributed by atoms with Crippen LogP contribution < -0.4 is 0 Å². The van der Waals surface area contributed by atoms with Gasteiger partial charge in [0.15, 0.2) is 0 Å². The maximum atomic E-state index is 12.4. The molecule has 0 N–H and O–H groups in total. The van der Waals surface area contributed by atoms with Gasteiger partial charge in [0.25, 0.3) is 0 Å². The second kappa shape index (κ2) is 7.89. The first-order valence-electron chi connectivity index (χ1n) is 9.38. The van der Waals surface area contributed by atoms with Crippen molar-refractivity contribution in [2.24, 2.45) is 5.92 Å².